The Labute approximate surface area is 206 Å². The van der Waals surface area contributed by atoms with E-state index in [1.165, 1.54) is 9.13 Å². The molecule has 178 valence electrons. The van der Waals surface area contributed by atoms with Crippen molar-refractivity contribution in [2.45, 2.75) is 36.0 Å². The van der Waals surface area contributed by atoms with E-state index in [4.69, 9.17) is 0 Å². The fourth-order valence-electron chi connectivity index (χ4n) is 4.15. The van der Waals surface area contributed by atoms with Gasteiger partial charge < -0.3 is 0 Å². The Kier molecular flexibility index (Phi) is 7.01. The monoisotopic (exact) mass is 518 g/mol. The predicted molar refractivity (Wildman–Crippen MR) is 135 cm³/mol. The summed E-state index contributed by atoms with van der Waals surface area (Å²) in [6, 6.07) is 14.7. The third-order valence-corrected chi connectivity index (χ3v) is 8.59. The summed E-state index contributed by atoms with van der Waals surface area (Å²) in [6.07, 6.45) is 5.10. The van der Waals surface area contributed by atoms with Gasteiger partial charge >= 0.3 is 5.69 Å². The number of halogens is 1. The first-order chi connectivity index (χ1) is 16.0. The number of sulfone groups is 1. The summed E-state index contributed by atoms with van der Waals surface area (Å²) < 4.78 is 29.8. The van der Waals surface area contributed by atoms with Crippen LogP contribution in [0.4, 0.5) is 0 Å². The second-order valence-corrected chi connectivity index (χ2v) is 11.0. The quantitative estimate of drug-likeness (QED) is 0.212. The minimum atomic E-state index is -3.68. The second kappa shape index (κ2) is 9.81. The number of fused-ring (bicyclic) bond motifs is 2. The van der Waals surface area contributed by atoms with Crippen LogP contribution in [0.1, 0.15) is 12.8 Å². The number of pyridine rings is 1. The van der Waals surface area contributed by atoms with Gasteiger partial charge in [-0.25, -0.2) is 18.2 Å². The Balaban J connectivity index is 0.00000274. The molecular formula is C23H23ClN4O4S2. The van der Waals surface area contributed by atoms with Crippen molar-refractivity contribution in [1.82, 2.24) is 18.5 Å². The van der Waals surface area contributed by atoms with Crippen LogP contribution in [0.5, 0.6) is 0 Å². The molecule has 11 heteroatoms. The first kappa shape index (κ1) is 24.3. The SMILES string of the molecule is Cl.O=c1c(-c2ccccc2)c2n(c(=O)n1CCCCSc1cccc3nccn13)CCS2(=O)=O. The molecule has 0 fully saturated rings. The van der Waals surface area contributed by atoms with Crippen LogP contribution in [0.3, 0.4) is 0 Å². The summed E-state index contributed by atoms with van der Waals surface area (Å²) in [4.78, 5) is 30.6. The molecule has 0 amide bonds. The number of rotatable bonds is 7. The van der Waals surface area contributed by atoms with E-state index in [1.54, 1.807) is 48.3 Å². The van der Waals surface area contributed by atoms with Crippen LogP contribution in [0.15, 0.2) is 80.6 Å². The van der Waals surface area contributed by atoms with Gasteiger partial charge in [0.25, 0.3) is 5.56 Å². The summed E-state index contributed by atoms with van der Waals surface area (Å²) in [5, 5.41) is 0.931. The third kappa shape index (κ3) is 4.33. The Morgan fingerprint density at radius 3 is 2.59 bits per heavy atom. The van der Waals surface area contributed by atoms with E-state index in [0.29, 0.717) is 12.0 Å². The van der Waals surface area contributed by atoms with Crippen molar-refractivity contribution >= 4 is 39.7 Å². The molecule has 3 aromatic heterocycles. The van der Waals surface area contributed by atoms with Crippen LogP contribution < -0.4 is 11.2 Å². The van der Waals surface area contributed by atoms with Gasteiger partial charge in [0.05, 0.1) is 16.3 Å². The fraction of sp³-hybridized carbons (Fsp3) is 0.261. The highest BCUT2D eigenvalue weighted by Gasteiger charge is 2.34. The first-order valence-electron chi connectivity index (χ1n) is 10.7. The molecule has 1 aliphatic heterocycles. The predicted octanol–water partition coefficient (Wildman–Crippen LogP) is 3.11. The molecule has 4 heterocycles. The average Bonchev–Trinajstić information content (AvgIpc) is 3.41. The van der Waals surface area contributed by atoms with Crippen LogP contribution in [-0.4, -0.2) is 38.4 Å². The summed E-state index contributed by atoms with van der Waals surface area (Å²) in [5.41, 5.74) is 0.398. The van der Waals surface area contributed by atoms with Gasteiger partial charge in [0.1, 0.15) is 5.65 Å². The normalized spacial score (nSPS) is 14.1. The van der Waals surface area contributed by atoms with E-state index in [1.807, 2.05) is 28.8 Å². The topological polar surface area (TPSA) is 95.4 Å². The highest BCUT2D eigenvalue weighted by Crippen LogP contribution is 2.27. The molecule has 34 heavy (non-hydrogen) atoms. The fourth-order valence-corrected chi connectivity index (χ4v) is 6.81. The van der Waals surface area contributed by atoms with E-state index in [-0.39, 0.29) is 41.8 Å². The molecule has 8 nitrogen and oxygen atoms in total. The average molecular weight is 519 g/mol. The van der Waals surface area contributed by atoms with E-state index >= 15 is 0 Å². The Hall–Kier alpha value is -2.82. The van der Waals surface area contributed by atoms with Crippen LogP contribution in [0.2, 0.25) is 0 Å². The Bertz CT molecular complexity index is 1560. The lowest BCUT2D eigenvalue weighted by atomic mass is 10.1. The molecule has 0 bridgehead atoms. The Morgan fingerprint density at radius 2 is 1.79 bits per heavy atom. The summed E-state index contributed by atoms with van der Waals surface area (Å²) in [5.74, 6) is 0.653. The molecule has 0 spiro atoms. The highest BCUT2D eigenvalue weighted by molar-refractivity contribution is 7.99. The summed E-state index contributed by atoms with van der Waals surface area (Å²) >= 11 is 1.69. The molecule has 0 atom stereocenters. The zero-order chi connectivity index (χ0) is 23.0. The number of aromatic nitrogens is 4. The first-order valence-corrected chi connectivity index (χ1v) is 13.3. The molecule has 4 aromatic rings. The second-order valence-electron chi connectivity index (χ2n) is 7.83. The smallest absolute Gasteiger partial charge is 0.294 e. The summed E-state index contributed by atoms with van der Waals surface area (Å²) in [6.45, 7) is 0.315. The number of unbranched alkanes of at least 4 members (excludes halogenated alkanes) is 1. The van der Waals surface area contributed by atoms with Gasteiger partial charge in [0.15, 0.2) is 14.9 Å². The zero-order valence-corrected chi connectivity index (χ0v) is 20.6. The Morgan fingerprint density at radius 1 is 1.00 bits per heavy atom. The van der Waals surface area contributed by atoms with Gasteiger partial charge in [0.2, 0.25) is 0 Å². The molecule has 0 saturated heterocycles. The van der Waals surface area contributed by atoms with Crippen LogP contribution >= 0.6 is 24.2 Å². The van der Waals surface area contributed by atoms with Gasteiger partial charge in [-0.3, -0.25) is 18.3 Å². The van der Waals surface area contributed by atoms with Crippen LogP contribution in [0, 0.1) is 0 Å². The third-order valence-electron chi connectivity index (χ3n) is 5.74. The van der Waals surface area contributed by atoms with Gasteiger partial charge in [-0.05, 0) is 36.3 Å². The number of hydrogen-bond acceptors (Lipinski definition) is 6. The van der Waals surface area contributed by atoms with Crippen LogP contribution in [-0.2, 0) is 22.9 Å². The molecule has 5 rings (SSSR count). The lowest BCUT2D eigenvalue weighted by Crippen LogP contribution is -2.41. The lowest BCUT2D eigenvalue weighted by molar-refractivity contribution is 0.526. The van der Waals surface area contributed by atoms with Gasteiger partial charge in [-0.2, -0.15) is 0 Å². The molecule has 0 unspecified atom stereocenters. The van der Waals surface area contributed by atoms with E-state index in [2.05, 4.69) is 4.98 Å². The van der Waals surface area contributed by atoms with Crippen molar-refractivity contribution in [1.29, 1.82) is 0 Å². The minimum absolute atomic E-state index is 0. The maximum absolute atomic E-state index is 13.3. The van der Waals surface area contributed by atoms with Crippen molar-refractivity contribution in [2.75, 3.05) is 11.5 Å². The van der Waals surface area contributed by atoms with Gasteiger partial charge in [-0.1, -0.05) is 36.4 Å². The van der Waals surface area contributed by atoms with Crippen molar-refractivity contribution < 1.29 is 8.42 Å². The number of thioether (sulfide) groups is 1. The largest absolute Gasteiger partial charge is 0.332 e. The van der Waals surface area contributed by atoms with Crippen LogP contribution in [0.25, 0.3) is 16.8 Å². The van der Waals surface area contributed by atoms with Crippen molar-refractivity contribution in [3.05, 3.63) is 81.8 Å². The molecule has 0 saturated carbocycles. The summed E-state index contributed by atoms with van der Waals surface area (Å²) in [7, 11) is -3.68. The van der Waals surface area contributed by atoms with E-state index in [9.17, 15) is 18.0 Å². The number of nitrogens with zero attached hydrogens (tertiary/aromatic N) is 4. The molecule has 0 N–H and O–H groups in total. The zero-order valence-electron chi connectivity index (χ0n) is 18.2. The number of benzene rings is 1. The van der Waals surface area contributed by atoms with Crippen molar-refractivity contribution in [2.24, 2.45) is 0 Å². The highest BCUT2D eigenvalue weighted by atomic mass is 35.5. The molecule has 0 aliphatic carbocycles. The van der Waals surface area contributed by atoms with Gasteiger partial charge in [0, 0.05) is 25.5 Å². The lowest BCUT2D eigenvalue weighted by Gasteiger charge is -2.13. The standard InChI is InChI=1S/C23H22N4O4S2.ClH/c28-21-20(17-7-2-1-3-8-17)22-27(14-16-33(22,30)31)23(29)26(21)12-4-5-15-32-19-10-6-9-18-24-11-13-25(18)19;/h1-3,6-11,13H,4-5,12,14-16H2;1H. The van der Waals surface area contributed by atoms with Crippen molar-refractivity contribution in [3.63, 3.8) is 0 Å². The molecule has 0 radical (unpaired) electrons. The van der Waals surface area contributed by atoms with Gasteiger partial charge in [-0.15, -0.1) is 24.2 Å². The maximum Gasteiger partial charge on any atom is 0.332 e. The maximum atomic E-state index is 13.3. The van der Waals surface area contributed by atoms with E-state index in [0.717, 1.165) is 22.8 Å². The minimum Gasteiger partial charge on any atom is -0.294 e. The number of hydrogen-bond donors (Lipinski definition) is 0. The molecule has 1 aliphatic rings. The van der Waals surface area contributed by atoms with E-state index < -0.39 is 21.1 Å². The molecule has 1 aromatic carbocycles. The van der Waals surface area contributed by atoms with Crippen molar-refractivity contribution in [3.8, 4) is 11.1 Å². The number of imidazole rings is 1. The molecular weight excluding hydrogens is 496 g/mol.